The summed E-state index contributed by atoms with van der Waals surface area (Å²) in [4.78, 5) is 52.4. The minimum absolute atomic E-state index is 0.0361. The van der Waals surface area contributed by atoms with Crippen molar-refractivity contribution in [2.45, 2.75) is 34.8 Å². The molecular formula is C26H25Cl3N2O7S. The Morgan fingerprint density at radius 2 is 1.67 bits per heavy atom. The summed E-state index contributed by atoms with van der Waals surface area (Å²) in [6.45, 7) is 4.40. The zero-order valence-electron chi connectivity index (χ0n) is 20.7. The number of likely N-dealkylation sites (tertiary alicyclic amines) is 1. The lowest BCUT2D eigenvalue weighted by Gasteiger charge is -2.49. The zero-order chi connectivity index (χ0) is 28.6. The van der Waals surface area contributed by atoms with Gasteiger partial charge in [0.15, 0.2) is 12.6 Å². The number of carbonyl (C=O) groups excluding carboxylic acids is 4. The molecule has 0 spiro atoms. The van der Waals surface area contributed by atoms with Gasteiger partial charge in [-0.25, -0.2) is 9.59 Å². The fourth-order valence-corrected chi connectivity index (χ4v) is 4.68. The molecule has 2 aromatic rings. The van der Waals surface area contributed by atoms with Crippen molar-refractivity contribution in [1.82, 2.24) is 10.2 Å². The highest BCUT2D eigenvalue weighted by atomic mass is 35.6. The molecular weight excluding hydrogens is 591 g/mol. The average Bonchev–Trinajstić information content (AvgIpc) is 2.90. The molecule has 9 nitrogen and oxygen atoms in total. The fourth-order valence-electron chi connectivity index (χ4n) is 3.53. The van der Waals surface area contributed by atoms with E-state index in [1.165, 1.54) is 0 Å². The number of nitrogens with zero attached hydrogens (tertiary/aromatic N) is 1. The van der Waals surface area contributed by atoms with Gasteiger partial charge in [0.1, 0.15) is 30.4 Å². The number of rotatable bonds is 11. The van der Waals surface area contributed by atoms with Gasteiger partial charge in [0.25, 0.3) is 5.91 Å². The van der Waals surface area contributed by atoms with Crippen LogP contribution in [0, 0.1) is 0 Å². The van der Waals surface area contributed by atoms with Crippen LogP contribution in [0.2, 0.25) is 0 Å². The molecule has 39 heavy (non-hydrogen) atoms. The second-order valence-electron chi connectivity index (χ2n) is 8.40. The van der Waals surface area contributed by atoms with Crippen LogP contribution in [0.5, 0.6) is 5.75 Å². The van der Waals surface area contributed by atoms with E-state index in [2.05, 4.69) is 11.9 Å². The zero-order valence-corrected chi connectivity index (χ0v) is 23.8. The van der Waals surface area contributed by atoms with Crippen LogP contribution in [0.3, 0.4) is 0 Å². The van der Waals surface area contributed by atoms with Gasteiger partial charge in [-0.15, -0.1) is 0 Å². The smallest absolute Gasteiger partial charge is 0.369 e. The van der Waals surface area contributed by atoms with Gasteiger partial charge in [0, 0.05) is 0 Å². The maximum Gasteiger partial charge on any atom is 0.369 e. The van der Waals surface area contributed by atoms with Gasteiger partial charge in [-0.05, 0) is 42.0 Å². The molecule has 1 aliphatic heterocycles. The standard InChI is InChI=1S/C26H25Cl3N2O7S/c1-16(2)21(24(34)37-13-17-9-5-3-6-10-17)31-22(33)20(23(31)39-25(35)38-15-26(27,28)29)30-19(32)14-36-18-11-7-4-8-12-18/h3-12,20-21,23H,1,13-15H2,2H3,(H,30,32). The highest BCUT2D eigenvalue weighted by Gasteiger charge is 2.55. The van der Waals surface area contributed by atoms with Crippen molar-refractivity contribution in [3.63, 3.8) is 0 Å². The van der Waals surface area contributed by atoms with E-state index in [4.69, 9.17) is 49.0 Å². The van der Waals surface area contributed by atoms with Crippen LogP contribution >= 0.6 is 46.6 Å². The molecule has 208 valence electrons. The fraction of sp³-hybridized carbons (Fsp3) is 0.308. The van der Waals surface area contributed by atoms with Crippen molar-refractivity contribution in [1.29, 1.82) is 0 Å². The number of nitrogens with one attached hydrogen (secondary N) is 1. The summed E-state index contributed by atoms with van der Waals surface area (Å²) < 4.78 is 14.0. The summed E-state index contributed by atoms with van der Waals surface area (Å²) in [6.07, 6.45) is 0. The number of esters is 1. The third kappa shape index (κ3) is 9.06. The maximum atomic E-state index is 13.2. The summed E-state index contributed by atoms with van der Waals surface area (Å²) >= 11 is 17.5. The first-order valence-corrected chi connectivity index (χ1v) is 13.5. The van der Waals surface area contributed by atoms with E-state index in [1.807, 2.05) is 6.07 Å². The minimum Gasteiger partial charge on any atom is -0.484 e. The van der Waals surface area contributed by atoms with Gasteiger partial charge in [-0.3, -0.25) is 9.59 Å². The van der Waals surface area contributed by atoms with E-state index in [9.17, 15) is 19.2 Å². The lowest BCUT2D eigenvalue weighted by molar-refractivity contribution is -0.163. The number of halogens is 3. The maximum absolute atomic E-state index is 13.2. The second-order valence-corrected chi connectivity index (χ2v) is 12.0. The van der Waals surface area contributed by atoms with Crippen LogP contribution < -0.4 is 10.1 Å². The Morgan fingerprint density at radius 1 is 1.05 bits per heavy atom. The number of ether oxygens (including phenoxy) is 3. The number of hydrogen-bond acceptors (Lipinski definition) is 8. The molecule has 2 aromatic carbocycles. The quantitative estimate of drug-likeness (QED) is 0.168. The summed E-state index contributed by atoms with van der Waals surface area (Å²) in [7, 11) is 0. The molecule has 0 aliphatic carbocycles. The van der Waals surface area contributed by atoms with E-state index in [0.29, 0.717) is 23.1 Å². The first-order chi connectivity index (χ1) is 18.5. The van der Waals surface area contributed by atoms with Crippen LogP contribution in [0.25, 0.3) is 0 Å². The summed E-state index contributed by atoms with van der Waals surface area (Å²) in [5.74, 6) is -1.54. The highest BCUT2D eigenvalue weighted by molar-refractivity contribution is 8.13. The number of benzene rings is 2. The van der Waals surface area contributed by atoms with E-state index >= 15 is 0 Å². The first kappa shape index (κ1) is 30.6. The third-order valence-corrected chi connectivity index (χ3v) is 6.65. The van der Waals surface area contributed by atoms with Gasteiger partial charge in [0.2, 0.25) is 9.70 Å². The molecule has 0 aromatic heterocycles. The van der Waals surface area contributed by atoms with Crippen molar-refractivity contribution < 1.29 is 33.4 Å². The molecule has 1 fully saturated rings. The largest absolute Gasteiger partial charge is 0.484 e. The highest BCUT2D eigenvalue weighted by Crippen LogP contribution is 2.36. The molecule has 1 N–H and O–H groups in total. The Balaban J connectivity index is 1.73. The number of thioether (sulfide) groups is 1. The normalized spacial score (nSPS) is 17.4. The number of β-lactam (4-membered cyclic amide) rings is 1. The number of amides is 2. The number of para-hydroxylation sites is 1. The monoisotopic (exact) mass is 614 g/mol. The SMILES string of the molecule is C=C(C)C(C(=O)OCc1ccccc1)N1C(=O)C(NC(=O)COc2ccccc2)C1SC(=O)OCC(Cl)(Cl)Cl. The molecule has 2 amide bonds. The Morgan fingerprint density at radius 3 is 2.26 bits per heavy atom. The molecule has 3 rings (SSSR count). The molecule has 0 saturated carbocycles. The predicted octanol–water partition coefficient (Wildman–Crippen LogP) is 4.65. The van der Waals surface area contributed by atoms with Crippen molar-refractivity contribution >= 4 is 69.6 Å². The van der Waals surface area contributed by atoms with Gasteiger partial charge in [-0.1, -0.05) is 89.9 Å². The molecule has 3 atom stereocenters. The van der Waals surface area contributed by atoms with E-state index in [0.717, 1.165) is 10.5 Å². The van der Waals surface area contributed by atoms with Crippen LogP contribution in [-0.4, -0.2) is 62.4 Å². The Labute approximate surface area is 244 Å². The van der Waals surface area contributed by atoms with Crippen LogP contribution in [0.15, 0.2) is 72.8 Å². The van der Waals surface area contributed by atoms with Gasteiger partial charge >= 0.3 is 11.3 Å². The molecule has 1 aliphatic rings. The Bertz CT molecular complexity index is 1200. The minimum atomic E-state index is -1.85. The average molecular weight is 616 g/mol. The van der Waals surface area contributed by atoms with E-state index < -0.39 is 50.9 Å². The van der Waals surface area contributed by atoms with E-state index in [1.54, 1.807) is 61.5 Å². The van der Waals surface area contributed by atoms with Gasteiger partial charge in [-0.2, -0.15) is 0 Å². The van der Waals surface area contributed by atoms with Crippen molar-refractivity contribution in [2.24, 2.45) is 0 Å². The molecule has 0 bridgehead atoms. The van der Waals surface area contributed by atoms with Crippen molar-refractivity contribution in [2.75, 3.05) is 13.2 Å². The van der Waals surface area contributed by atoms with Crippen molar-refractivity contribution in [3.8, 4) is 5.75 Å². The van der Waals surface area contributed by atoms with Crippen LogP contribution in [0.4, 0.5) is 4.79 Å². The van der Waals surface area contributed by atoms with E-state index in [-0.39, 0.29) is 13.2 Å². The Kier molecular flexibility index (Phi) is 10.9. The molecule has 3 unspecified atom stereocenters. The third-order valence-electron chi connectivity index (χ3n) is 5.27. The Hall–Kier alpha value is -2.92. The lowest BCUT2D eigenvalue weighted by Crippen LogP contribution is -2.73. The van der Waals surface area contributed by atoms with Crippen LogP contribution in [-0.2, 0) is 30.5 Å². The topological polar surface area (TPSA) is 111 Å². The second kappa shape index (κ2) is 13.9. The summed E-state index contributed by atoms with van der Waals surface area (Å²) in [6, 6.07) is 15.2. The summed E-state index contributed by atoms with van der Waals surface area (Å²) in [5.41, 5.74) is 1.03. The summed E-state index contributed by atoms with van der Waals surface area (Å²) in [5, 5.41) is 0.605. The van der Waals surface area contributed by atoms with Gasteiger partial charge < -0.3 is 24.4 Å². The molecule has 1 heterocycles. The number of carbonyl (C=O) groups is 4. The molecule has 13 heteroatoms. The molecule has 0 radical (unpaired) electrons. The lowest BCUT2D eigenvalue weighted by atomic mass is 9.99. The number of alkyl halides is 3. The van der Waals surface area contributed by atoms with Gasteiger partial charge in [0.05, 0.1) is 0 Å². The van der Waals surface area contributed by atoms with Crippen molar-refractivity contribution in [3.05, 3.63) is 78.4 Å². The predicted molar refractivity (Wildman–Crippen MR) is 149 cm³/mol. The first-order valence-electron chi connectivity index (χ1n) is 11.5. The number of hydrogen-bond donors (Lipinski definition) is 1. The molecule has 1 saturated heterocycles. The van der Waals surface area contributed by atoms with Crippen LogP contribution in [0.1, 0.15) is 12.5 Å².